The largest absolute Gasteiger partial charge is 0.384 e. The highest BCUT2D eigenvalue weighted by Crippen LogP contribution is 2.35. The van der Waals surface area contributed by atoms with Gasteiger partial charge in [0.25, 0.3) is 0 Å². The van der Waals surface area contributed by atoms with E-state index in [0.29, 0.717) is 11.3 Å². The van der Waals surface area contributed by atoms with E-state index in [1.807, 2.05) is 25.1 Å². The minimum Gasteiger partial charge on any atom is -0.384 e. The second kappa shape index (κ2) is 4.79. The molecule has 2 N–H and O–H groups in total. The van der Waals surface area contributed by atoms with E-state index in [1.54, 1.807) is 6.07 Å². The zero-order chi connectivity index (χ0) is 13.4. The Hall–Kier alpha value is -1.65. The smallest absolute Gasteiger partial charge is 0.209 e. The monoisotopic (exact) mass is 258 g/mol. The molecule has 0 saturated carbocycles. The molecule has 1 saturated heterocycles. The van der Waals surface area contributed by atoms with E-state index in [4.69, 9.17) is 0 Å². The van der Waals surface area contributed by atoms with Crippen LogP contribution >= 0.6 is 0 Å². The van der Waals surface area contributed by atoms with Gasteiger partial charge < -0.3 is 15.3 Å². The van der Waals surface area contributed by atoms with Crippen molar-refractivity contribution < 1.29 is 9.90 Å². The van der Waals surface area contributed by atoms with Gasteiger partial charge in [-0.25, -0.2) is 0 Å². The zero-order valence-corrected chi connectivity index (χ0v) is 11.0. The minimum absolute atomic E-state index is 0.0419. The fraction of sp³-hybridized carbons (Fsp3) is 0.400. The van der Waals surface area contributed by atoms with E-state index < -0.39 is 6.10 Å². The molecule has 0 aromatic heterocycles. The van der Waals surface area contributed by atoms with Gasteiger partial charge in [-0.1, -0.05) is 24.3 Å². The molecule has 19 heavy (non-hydrogen) atoms. The summed E-state index contributed by atoms with van der Waals surface area (Å²) in [5.74, 6) is 0.0419. The molecule has 1 aliphatic carbocycles. The van der Waals surface area contributed by atoms with Crippen molar-refractivity contribution in [3.05, 3.63) is 46.7 Å². The van der Waals surface area contributed by atoms with Crippen LogP contribution in [-0.2, 0) is 0 Å². The Labute approximate surface area is 112 Å². The summed E-state index contributed by atoms with van der Waals surface area (Å²) in [5, 5.41) is 13.7. The molecule has 4 heteroatoms. The summed E-state index contributed by atoms with van der Waals surface area (Å²) in [4.78, 5) is 14.7. The highest BCUT2D eigenvalue weighted by Gasteiger charge is 2.33. The SMILES string of the molecule is CC1=C(N2CCNCC2)C(=O)c2ccccc2C1O. The first-order valence-corrected chi connectivity index (χ1v) is 6.68. The number of hydrogen-bond acceptors (Lipinski definition) is 4. The average molecular weight is 258 g/mol. The van der Waals surface area contributed by atoms with E-state index in [9.17, 15) is 9.90 Å². The summed E-state index contributed by atoms with van der Waals surface area (Å²) in [6.07, 6.45) is -0.668. The van der Waals surface area contributed by atoms with Gasteiger partial charge in [0, 0.05) is 31.7 Å². The van der Waals surface area contributed by atoms with Gasteiger partial charge >= 0.3 is 0 Å². The lowest BCUT2D eigenvalue weighted by Crippen LogP contribution is -2.45. The lowest BCUT2D eigenvalue weighted by atomic mass is 9.86. The van der Waals surface area contributed by atoms with Gasteiger partial charge in [0.1, 0.15) is 6.10 Å². The Morgan fingerprint density at radius 2 is 1.95 bits per heavy atom. The molecule has 0 bridgehead atoms. The fourth-order valence-corrected chi connectivity index (χ4v) is 2.89. The van der Waals surface area contributed by atoms with Gasteiger partial charge in [0.05, 0.1) is 5.70 Å². The number of rotatable bonds is 1. The van der Waals surface area contributed by atoms with Crippen LogP contribution in [0.25, 0.3) is 0 Å². The number of benzene rings is 1. The fourth-order valence-electron chi connectivity index (χ4n) is 2.89. The number of allylic oxidation sites excluding steroid dienone is 1. The second-order valence-corrected chi connectivity index (χ2v) is 5.09. The number of carbonyl (C=O) groups is 1. The summed E-state index contributed by atoms with van der Waals surface area (Å²) in [6, 6.07) is 7.34. The number of piperazine rings is 1. The van der Waals surface area contributed by atoms with Crippen LogP contribution in [0, 0.1) is 0 Å². The van der Waals surface area contributed by atoms with Gasteiger partial charge in [-0.05, 0) is 18.1 Å². The van der Waals surface area contributed by atoms with Crippen LogP contribution in [0.15, 0.2) is 35.5 Å². The summed E-state index contributed by atoms with van der Waals surface area (Å²) in [6.45, 7) is 5.24. The van der Waals surface area contributed by atoms with Crippen LogP contribution in [0.2, 0.25) is 0 Å². The molecule has 1 aliphatic heterocycles. The van der Waals surface area contributed by atoms with Gasteiger partial charge in [-0.15, -0.1) is 0 Å². The summed E-state index contributed by atoms with van der Waals surface area (Å²) in [7, 11) is 0. The predicted octanol–water partition coefficient (Wildman–Crippen LogP) is 1.10. The quantitative estimate of drug-likeness (QED) is 0.792. The molecule has 1 aromatic rings. The molecular weight excluding hydrogens is 240 g/mol. The van der Waals surface area contributed by atoms with Crippen LogP contribution in [0.4, 0.5) is 0 Å². The van der Waals surface area contributed by atoms with Crippen LogP contribution < -0.4 is 5.32 Å². The van der Waals surface area contributed by atoms with Crippen LogP contribution in [0.5, 0.6) is 0 Å². The Morgan fingerprint density at radius 1 is 1.26 bits per heavy atom. The first-order chi connectivity index (χ1) is 9.20. The number of ketones is 1. The van der Waals surface area contributed by atoms with E-state index in [-0.39, 0.29) is 5.78 Å². The zero-order valence-electron chi connectivity index (χ0n) is 11.0. The van der Waals surface area contributed by atoms with Crippen molar-refractivity contribution in [1.29, 1.82) is 0 Å². The maximum atomic E-state index is 12.6. The molecule has 4 nitrogen and oxygen atoms in total. The van der Waals surface area contributed by atoms with E-state index in [1.165, 1.54) is 0 Å². The van der Waals surface area contributed by atoms with Crippen LogP contribution in [-0.4, -0.2) is 42.0 Å². The van der Waals surface area contributed by atoms with Gasteiger partial charge in [0.15, 0.2) is 0 Å². The molecule has 100 valence electrons. The first-order valence-electron chi connectivity index (χ1n) is 6.68. The van der Waals surface area contributed by atoms with Gasteiger partial charge in [-0.3, -0.25) is 4.79 Å². The van der Waals surface area contributed by atoms with Crippen molar-refractivity contribution in [1.82, 2.24) is 10.2 Å². The third-order valence-corrected chi connectivity index (χ3v) is 3.93. The van der Waals surface area contributed by atoms with Crippen molar-refractivity contribution >= 4 is 5.78 Å². The number of nitrogens with one attached hydrogen (secondary N) is 1. The molecule has 0 radical (unpaired) electrons. The molecule has 2 aliphatic rings. The van der Waals surface area contributed by atoms with E-state index >= 15 is 0 Å². The van der Waals surface area contributed by atoms with Crippen LogP contribution in [0.1, 0.15) is 28.9 Å². The predicted molar refractivity (Wildman–Crippen MR) is 72.9 cm³/mol. The molecular formula is C15H18N2O2. The Bertz CT molecular complexity index is 545. The van der Waals surface area contributed by atoms with Crippen molar-refractivity contribution in [3.8, 4) is 0 Å². The number of hydrogen-bond donors (Lipinski definition) is 2. The third kappa shape index (κ3) is 1.97. The topological polar surface area (TPSA) is 52.6 Å². The molecule has 3 rings (SSSR count). The first kappa shape index (κ1) is 12.4. The maximum absolute atomic E-state index is 12.6. The number of aliphatic hydroxyl groups excluding tert-OH is 1. The molecule has 1 atom stereocenters. The Morgan fingerprint density at radius 3 is 2.68 bits per heavy atom. The highest BCUT2D eigenvalue weighted by atomic mass is 16.3. The molecule has 1 aromatic carbocycles. The molecule has 1 fully saturated rings. The molecule has 0 amide bonds. The molecule has 1 unspecified atom stereocenters. The third-order valence-electron chi connectivity index (χ3n) is 3.93. The van der Waals surface area contributed by atoms with Crippen molar-refractivity contribution in [3.63, 3.8) is 0 Å². The number of nitrogens with zero attached hydrogens (tertiary/aromatic N) is 1. The average Bonchev–Trinajstić information content (AvgIpc) is 2.46. The molecule has 0 spiro atoms. The number of fused-ring (bicyclic) bond motifs is 1. The lowest BCUT2D eigenvalue weighted by molar-refractivity contribution is 0.0955. The second-order valence-electron chi connectivity index (χ2n) is 5.09. The molecule has 1 heterocycles. The number of Topliss-reactive ketones (excluding diaryl/α,β-unsaturated/α-hetero) is 1. The lowest BCUT2D eigenvalue weighted by Gasteiger charge is -2.35. The maximum Gasteiger partial charge on any atom is 0.209 e. The minimum atomic E-state index is -0.668. The summed E-state index contributed by atoms with van der Waals surface area (Å²) >= 11 is 0. The Kier molecular flexibility index (Phi) is 3.12. The van der Waals surface area contributed by atoms with E-state index in [0.717, 1.165) is 37.3 Å². The normalized spacial score (nSPS) is 23.6. The van der Waals surface area contributed by atoms with Gasteiger partial charge in [0.2, 0.25) is 5.78 Å². The van der Waals surface area contributed by atoms with E-state index in [2.05, 4.69) is 10.2 Å². The summed E-state index contributed by atoms with van der Waals surface area (Å²) in [5.41, 5.74) is 2.82. The van der Waals surface area contributed by atoms with Crippen molar-refractivity contribution in [2.45, 2.75) is 13.0 Å². The highest BCUT2D eigenvalue weighted by molar-refractivity contribution is 6.11. The summed E-state index contributed by atoms with van der Waals surface area (Å²) < 4.78 is 0. The van der Waals surface area contributed by atoms with Gasteiger partial charge in [-0.2, -0.15) is 0 Å². The van der Waals surface area contributed by atoms with Crippen LogP contribution in [0.3, 0.4) is 0 Å². The number of aliphatic hydroxyl groups is 1. The number of carbonyl (C=O) groups excluding carboxylic acids is 1. The standard InChI is InChI=1S/C15H18N2O2/c1-10-13(17-8-6-16-7-9-17)15(19)12-5-3-2-4-11(12)14(10)18/h2-5,14,16,18H,6-9H2,1H3. The van der Waals surface area contributed by atoms with Crippen molar-refractivity contribution in [2.24, 2.45) is 0 Å². The van der Waals surface area contributed by atoms with Crippen molar-refractivity contribution in [2.75, 3.05) is 26.2 Å². The Balaban J connectivity index is 2.04.